The Bertz CT molecular complexity index is 964. The van der Waals surface area contributed by atoms with E-state index in [1.807, 2.05) is 25.2 Å². The smallest absolute Gasteiger partial charge is 0.236 e. The summed E-state index contributed by atoms with van der Waals surface area (Å²) in [6.45, 7) is 6.90. The molecule has 0 saturated carbocycles. The molecule has 0 N–H and O–H groups in total. The quantitative estimate of drug-likeness (QED) is 0.665. The predicted molar refractivity (Wildman–Crippen MR) is 114 cm³/mol. The minimum absolute atomic E-state index is 0.153. The van der Waals surface area contributed by atoms with Gasteiger partial charge in [0.2, 0.25) is 5.91 Å². The number of carbonyl (C=O) groups is 1. The van der Waals surface area contributed by atoms with Gasteiger partial charge in [0.05, 0.1) is 18.3 Å². The second-order valence-electron chi connectivity index (χ2n) is 7.44. The van der Waals surface area contributed by atoms with Crippen LogP contribution < -0.4 is 4.90 Å². The van der Waals surface area contributed by atoms with Crippen molar-refractivity contribution < 1.29 is 4.79 Å². The number of aryl methyl sites for hydroxylation is 1. The zero-order chi connectivity index (χ0) is 19.5. The zero-order valence-corrected chi connectivity index (χ0v) is 17.2. The fourth-order valence-electron chi connectivity index (χ4n) is 3.59. The molecule has 1 aliphatic rings. The lowest BCUT2D eigenvalue weighted by molar-refractivity contribution is -0.131. The highest BCUT2D eigenvalue weighted by Gasteiger charge is 2.21. The van der Waals surface area contributed by atoms with Crippen molar-refractivity contribution in [3.05, 3.63) is 53.6 Å². The van der Waals surface area contributed by atoms with Crippen LogP contribution in [0.3, 0.4) is 0 Å². The molecular formula is C21H25N5OS. The number of benzene rings is 2. The average Bonchev–Trinajstić information content (AvgIpc) is 3.16. The molecule has 6 nitrogen and oxygen atoms in total. The van der Waals surface area contributed by atoms with Crippen LogP contribution >= 0.6 is 11.7 Å². The van der Waals surface area contributed by atoms with Gasteiger partial charge in [0.25, 0.3) is 0 Å². The number of hydrogen-bond donors (Lipinski definition) is 0. The summed E-state index contributed by atoms with van der Waals surface area (Å²) in [6, 6.07) is 14.6. The first kappa shape index (κ1) is 18.8. The molecule has 0 unspecified atom stereocenters. The number of carbonyl (C=O) groups excluding carboxylic acids is 1. The van der Waals surface area contributed by atoms with E-state index in [1.54, 1.807) is 4.90 Å². The van der Waals surface area contributed by atoms with Crippen LogP contribution in [-0.4, -0.2) is 64.2 Å². The van der Waals surface area contributed by atoms with E-state index in [-0.39, 0.29) is 5.91 Å². The van der Waals surface area contributed by atoms with E-state index in [0.29, 0.717) is 13.1 Å². The fourth-order valence-corrected chi connectivity index (χ4v) is 4.11. The maximum Gasteiger partial charge on any atom is 0.236 e. The van der Waals surface area contributed by atoms with Crippen LogP contribution in [0.15, 0.2) is 42.5 Å². The normalized spacial score (nSPS) is 15.1. The van der Waals surface area contributed by atoms with Crippen molar-refractivity contribution >= 4 is 34.4 Å². The Labute approximate surface area is 169 Å². The average molecular weight is 396 g/mol. The third-order valence-electron chi connectivity index (χ3n) is 5.26. The van der Waals surface area contributed by atoms with E-state index in [4.69, 9.17) is 0 Å². The van der Waals surface area contributed by atoms with E-state index >= 15 is 0 Å². The van der Waals surface area contributed by atoms with Crippen molar-refractivity contribution in [3.8, 4) is 0 Å². The summed E-state index contributed by atoms with van der Waals surface area (Å²) in [4.78, 5) is 19.1. The fraction of sp³-hybridized carbons (Fsp3) is 0.381. The third-order valence-corrected chi connectivity index (χ3v) is 5.82. The van der Waals surface area contributed by atoms with Crippen molar-refractivity contribution in [1.29, 1.82) is 0 Å². The molecule has 1 amide bonds. The van der Waals surface area contributed by atoms with Crippen LogP contribution in [0.4, 0.5) is 5.69 Å². The monoisotopic (exact) mass is 395 g/mol. The number of amides is 1. The number of rotatable bonds is 5. The van der Waals surface area contributed by atoms with Gasteiger partial charge in [0, 0.05) is 45.5 Å². The highest BCUT2D eigenvalue weighted by Crippen LogP contribution is 2.18. The predicted octanol–water partition coefficient (Wildman–Crippen LogP) is 2.78. The molecule has 4 rings (SSSR count). The molecule has 0 aliphatic carbocycles. The van der Waals surface area contributed by atoms with Crippen molar-refractivity contribution in [2.45, 2.75) is 13.5 Å². The first-order valence-corrected chi connectivity index (χ1v) is 10.3. The Kier molecular flexibility index (Phi) is 5.54. The van der Waals surface area contributed by atoms with Gasteiger partial charge in [-0.05, 0) is 42.3 Å². The molecule has 28 heavy (non-hydrogen) atoms. The number of fused-ring (bicyclic) bond motifs is 1. The van der Waals surface area contributed by atoms with Gasteiger partial charge in [0.15, 0.2) is 0 Å². The Hall–Kier alpha value is -2.51. The summed E-state index contributed by atoms with van der Waals surface area (Å²) in [5.41, 5.74) is 5.45. The second-order valence-corrected chi connectivity index (χ2v) is 7.97. The van der Waals surface area contributed by atoms with Crippen molar-refractivity contribution in [2.75, 3.05) is 44.7 Å². The molecule has 0 atom stereocenters. The molecule has 0 bridgehead atoms. The number of aromatic nitrogens is 2. The van der Waals surface area contributed by atoms with Crippen LogP contribution in [0.1, 0.15) is 11.1 Å². The van der Waals surface area contributed by atoms with Crippen LogP contribution in [0, 0.1) is 6.92 Å². The van der Waals surface area contributed by atoms with E-state index in [9.17, 15) is 4.79 Å². The Balaban J connectivity index is 1.29. The maximum atomic E-state index is 12.7. The van der Waals surface area contributed by atoms with Gasteiger partial charge in [-0.2, -0.15) is 8.75 Å². The summed E-state index contributed by atoms with van der Waals surface area (Å²) in [6.07, 6.45) is 0. The van der Waals surface area contributed by atoms with Gasteiger partial charge in [-0.15, -0.1) is 0 Å². The summed E-state index contributed by atoms with van der Waals surface area (Å²) < 4.78 is 8.50. The third kappa shape index (κ3) is 4.31. The highest BCUT2D eigenvalue weighted by atomic mass is 32.1. The zero-order valence-electron chi connectivity index (χ0n) is 16.3. The van der Waals surface area contributed by atoms with E-state index in [0.717, 1.165) is 42.8 Å². The van der Waals surface area contributed by atoms with E-state index in [1.165, 1.54) is 23.0 Å². The highest BCUT2D eigenvalue weighted by molar-refractivity contribution is 7.00. The van der Waals surface area contributed by atoms with Crippen LogP contribution in [0.25, 0.3) is 11.0 Å². The molecule has 0 radical (unpaired) electrons. The molecule has 1 aromatic heterocycles. The minimum atomic E-state index is 0.153. The number of hydrogen-bond acceptors (Lipinski definition) is 6. The lowest BCUT2D eigenvalue weighted by Crippen LogP contribution is -2.49. The summed E-state index contributed by atoms with van der Waals surface area (Å²) in [5.74, 6) is 0.153. The molecule has 1 saturated heterocycles. The Morgan fingerprint density at radius 1 is 1.07 bits per heavy atom. The van der Waals surface area contributed by atoms with Gasteiger partial charge < -0.3 is 9.80 Å². The molecule has 2 aromatic carbocycles. The van der Waals surface area contributed by atoms with Crippen LogP contribution in [0.2, 0.25) is 0 Å². The largest absolute Gasteiger partial charge is 0.369 e. The minimum Gasteiger partial charge on any atom is -0.369 e. The van der Waals surface area contributed by atoms with Gasteiger partial charge in [0.1, 0.15) is 11.0 Å². The van der Waals surface area contributed by atoms with E-state index in [2.05, 4.69) is 49.7 Å². The summed E-state index contributed by atoms with van der Waals surface area (Å²) in [5, 5.41) is 0. The Morgan fingerprint density at radius 3 is 2.64 bits per heavy atom. The SMILES string of the molecule is Cc1cccc(N2CCN(CC(=O)N(C)Cc3ccc4nsnc4c3)CC2)c1. The molecule has 0 spiro atoms. The number of nitrogens with zero attached hydrogens (tertiary/aromatic N) is 5. The van der Waals surface area contributed by atoms with Gasteiger partial charge >= 0.3 is 0 Å². The molecule has 7 heteroatoms. The standard InChI is InChI=1S/C21H25N5OS/c1-16-4-3-5-18(12-16)26-10-8-25(9-11-26)15-21(27)24(2)14-17-6-7-19-20(13-17)23-28-22-19/h3-7,12-13H,8-11,14-15H2,1-2H3. The van der Waals surface area contributed by atoms with Crippen molar-refractivity contribution in [1.82, 2.24) is 18.5 Å². The molecule has 3 aromatic rings. The first-order chi connectivity index (χ1) is 13.6. The van der Waals surface area contributed by atoms with Gasteiger partial charge in [-0.25, -0.2) is 0 Å². The lowest BCUT2D eigenvalue weighted by atomic mass is 10.2. The van der Waals surface area contributed by atoms with Crippen LogP contribution in [-0.2, 0) is 11.3 Å². The molecule has 1 fully saturated rings. The maximum absolute atomic E-state index is 12.7. The Morgan fingerprint density at radius 2 is 1.86 bits per heavy atom. The number of anilines is 1. The topological polar surface area (TPSA) is 52.6 Å². The molecule has 1 aliphatic heterocycles. The second kappa shape index (κ2) is 8.24. The van der Waals surface area contributed by atoms with Gasteiger partial charge in [-0.3, -0.25) is 9.69 Å². The lowest BCUT2D eigenvalue weighted by Gasteiger charge is -2.36. The number of likely N-dealkylation sites (N-methyl/N-ethyl adjacent to an activating group) is 1. The molecule has 2 heterocycles. The summed E-state index contributed by atoms with van der Waals surface area (Å²) in [7, 11) is 1.87. The van der Waals surface area contributed by atoms with Crippen molar-refractivity contribution in [2.24, 2.45) is 0 Å². The molecular weight excluding hydrogens is 370 g/mol. The van der Waals surface area contributed by atoms with E-state index < -0.39 is 0 Å². The summed E-state index contributed by atoms with van der Waals surface area (Å²) >= 11 is 1.22. The van der Waals surface area contributed by atoms with Crippen molar-refractivity contribution in [3.63, 3.8) is 0 Å². The molecule has 146 valence electrons. The number of piperazine rings is 1. The van der Waals surface area contributed by atoms with Gasteiger partial charge in [-0.1, -0.05) is 18.2 Å². The van der Waals surface area contributed by atoms with Crippen LogP contribution in [0.5, 0.6) is 0 Å². The first-order valence-electron chi connectivity index (χ1n) is 9.57.